The molecule has 1 amide bonds. The highest BCUT2D eigenvalue weighted by atomic mass is 16.5. The van der Waals surface area contributed by atoms with Crippen LogP contribution in [0.2, 0.25) is 0 Å². The molecule has 2 rings (SSSR count). The van der Waals surface area contributed by atoms with Crippen LogP contribution >= 0.6 is 0 Å². The first-order valence-corrected chi connectivity index (χ1v) is 9.06. The number of benzene rings is 2. The smallest absolute Gasteiger partial charge is 0.252 e. The molecule has 0 fully saturated rings. The third-order valence-electron chi connectivity index (χ3n) is 3.95. The summed E-state index contributed by atoms with van der Waals surface area (Å²) in [4.78, 5) is 25.6. The highest BCUT2D eigenvalue weighted by Crippen LogP contribution is 2.29. The van der Waals surface area contributed by atoms with Crippen molar-refractivity contribution < 1.29 is 19.1 Å². The zero-order chi connectivity index (χ0) is 19.8. The molecule has 0 aliphatic rings. The Morgan fingerprint density at radius 2 is 1.63 bits per heavy atom. The van der Waals surface area contributed by atoms with Crippen molar-refractivity contribution in [3.05, 3.63) is 59.2 Å². The summed E-state index contributed by atoms with van der Waals surface area (Å²) in [6.07, 6.45) is 0. The second-order valence-corrected chi connectivity index (χ2v) is 6.01. The predicted octanol–water partition coefficient (Wildman–Crippen LogP) is 2.79. The fourth-order valence-electron chi connectivity index (χ4n) is 2.59. The van der Waals surface area contributed by atoms with Gasteiger partial charge in [-0.2, -0.15) is 0 Å². The van der Waals surface area contributed by atoms with Gasteiger partial charge in [-0.25, -0.2) is 0 Å². The van der Waals surface area contributed by atoms with Gasteiger partial charge in [-0.15, -0.1) is 0 Å². The molecular weight excluding hydrogens is 344 g/mol. The number of nitrogens with two attached hydrogens (primary N) is 1. The van der Waals surface area contributed by atoms with E-state index in [4.69, 9.17) is 15.2 Å². The van der Waals surface area contributed by atoms with E-state index in [1.165, 1.54) is 0 Å². The van der Waals surface area contributed by atoms with E-state index in [2.05, 4.69) is 5.32 Å². The van der Waals surface area contributed by atoms with Gasteiger partial charge in [0.25, 0.3) is 5.91 Å². The molecule has 0 radical (unpaired) electrons. The maximum absolute atomic E-state index is 13.1. The summed E-state index contributed by atoms with van der Waals surface area (Å²) >= 11 is 0. The molecule has 6 heteroatoms. The van der Waals surface area contributed by atoms with Crippen LogP contribution < -0.4 is 20.5 Å². The van der Waals surface area contributed by atoms with Crippen molar-refractivity contribution in [3.8, 4) is 11.5 Å². The van der Waals surface area contributed by atoms with Crippen LogP contribution in [-0.2, 0) is 0 Å². The van der Waals surface area contributed by atoms with Gasteiger partial charge in [0.05, 0.1) is 18.8 Å². The minimum Gasteiger partial charge on any atom is -0.490 e. The lowest BCUT2D eigenvalue weighted by Gasteiger charge is -2.15. The quantitative estimate of drug-likeness (QED) is 0.663. The lowest BCUT2D eigenvalue weighted by molar-refractivity contribution is 0.0931. The number of nitrogens with one attached hydrogen (secondary N) is 1. The highest BCUT2D eigenvalue weighted by molar-refractivity contribution is 6.15. The normalized spacial score (nSPS) is 11.6. The maximum atomic E-state index is 13.1. The summed E-state index contributed by atoms with van der Waals surface area (Å²) < 4.78 is 11.1. The number of amides is 1. The van der Waals surface area contributed by atoms with Crippen molar-refractivity contribution in [2.24, 2.45) is 5.73 Å². The van der Waals surface area contributed by atoms with Gasteiger partial charge < -0.3 is 20.5 Å². The molecule has 0 spiro atoms. The number of ketones is 1. The van der Waals surface area contributed by atoms with Crippen LogP contribution in [0.4, 0.5) is 0 Å². The third-order valence-corrected chi connectivity index (χ3v) is 3.95. The lowest BCUT2D eigenvalue weighted by Crippen LogP contribution is -2.38. The average Bonchev–Trinajstić information content (AvgIpc) is 2.69. The first-order chi connectivity index (χ1) is 13.0. The van der Waals surface area contributed by atoms with Crippen molar-refractivity contribution in [2.45, 2.75) is 26.8 Å². The van der Waals surface area contributed by atoms with Crippen LogP contribution in [0, 0.1) is 0 Å². The van der Waals surface area contributed by atoms with Gasteiger partial charge in [0.15, 0.2) is 17.3 Å². The molecule has 0 bridgehead atoms. The minimum absolute atomic E-state index is 0.185. The number of ether oxygens (including phenoxy) is 2. The summed E-state index contributed by atoms with van der Waals surface area (Å²) in [5.41, 5.74) is 6.63. The van der Waals surface area contributed by atoms with E-state index < -0.39 is 0 Å². The summed E-state index contributed by atoms with van der Waals surface area (Å²) in [6, 6.07) is 11.6. The number of hydrogen-bond acceptors (Lipinski definition) is 5. The number of carbonyl (C=O) groups excluding carboxylic acids is 2. The Bertz CT molecular complexity index is 805. The van der Waals surface area contributed by atoms with Crippen LogP contribution in [-0.4, -0.2) is 37.5 Å². The summed E-state index contributed by atoms with van der Waals surface area (Å²) in [5, 5.41) is 2.79. The van der Waals surface area contributed by atoms with Gasteiger partial charge in [-0.3, -0.25) is 9.59 Å². The molecule has 0 aliphatic heterocycles. The zero-order valence-electron chi connectivity index (χ0n) is 16.0. The van der Waals surface area contributed by atoms with Crippen LogP contribution in [0.25, 0.3) is 0 Å². The van der Waals surface area contributed by atoms with E-state index in [1.54, 1.807) is 42.5 Å². The Balaban J connectivity index is 2.38. The van der Waals surface area contributed by atoms with Crippen molar-refractivity contribution in [3.63, 3.8) is 0 Å². The van der Waals surface area contributed by atoms with Gasteiger partial charge in [-0.05, 0) is 45.0 Å². The second-order valence-electron chi connectivity index (χ2n) is 6.01. The van der Waals surface area contributed by atoms with Gasteiger partial charge in [0.1, 0.15) is 0 Å². The molecular formula is C21H26N2O4. The fraction of sp³-hybridized carbons (Fsp3) is 0.333. The van der Waals surface area contributed by atoms with Crippen LogP contribution in [0.1, 0.15) is 47.1 Å². The fourth-order valence-corrected chi connectivity index (χ4v) is 2.59. The first-order valence-electron chi connectivity index (χ1n) is 9.06. The molecule has 6 nitrogen and oxygen atoms in total. The molecule has 1 atom stereocenters. The zero-order valence-corrected chi connectivity index (χ0v) is 16.0. The Hall–Kier alpha value is -2.86. The average molecular weight is 370 g/mol. The Kier molecular flexibility index (Phi) is 7.37. The molecule has 2 aromatic carbocycles. The van der Waals surface area contributed by atoms with Crippen molar-refractivity contribution in [1.29, 1.82) is 0 Å². The standard InChI is InChI=1S/C21H26N2O4/c1-4-26-18-11-10-15(12-19(18)27-5-2)20(24)16-8-6-7-9-17(16)21(25)23-14(3)13-22/h6-12,14H,4-5,13,22H2,1-3H3,(H,23,25)/t14-/m0/s1. The molecule has 0 saturated heterocycles. The van der Waals surface area contributed by atoms with Gasteiger partial charge in [0.2, 0.25) is 0 Å². The molecule has 2 aromatic rings. The molecule has 0 aliphatic carbocycles. The number of carbonyl (C=O) groups is 2. The molecule has 144 valence electrons. The largest absolute Gasteiger partial charge is 0.490 e. The van der Waals surface area contributed by atoms with E-state index in [0.29, 0.717) is 47.9 Å². The first kappa shape index (κ1) is 20.5. The SMILES string of the molecule is CCOc1ccc(C(=O)c2ccccc2C(=O)N[C@@H](C)CN)cc1OCC. The van der Waals surface area contributed by atoms with Gasteiger partial charge >= 0.3 is 0 Å². The molecule has 3 N–H and O–H groups in total. The molecule has 0 saturated carbocycles. The van der Waals surface area contributed by atoms with E-state index >= 15 is 0 Å². The maximum Gasteiger partial charge on any atom is 0.252 e. The summed E-state index contributed by atoms with van der Waals surface area (Å²) in [5.74, 6) is 0.501. The van der Waals surface area contributed by atoms with Crippen molar-refractivity contribution in [2.75, 3.05) is 19.8 Å². The summed E-state index contributed by atoms with van der Waals surface area (Å²) in [6.45, 7) is 6.82. The van der Waals surface area contributed by atoms with Crippen LogP contribution in [0.15, 0.2) is 42.5 Å². The molecule has 0 unspecified atom stereocenters. The topological polar surface area (TPSA) is 90.7 Å². The van der Waals surface area contributed by atoms with E-state index in [1.807, 2.05) is 20.8 Å². The lowest BCUT2D eigenvalue weighted by atomic mass is 9.97. The second kappa shape index (κ2) is 9.73. The molecule has 27 heavy (non-hydrogen) atoms. The van der Waals surface area contributed by atoms with Crippen molar-refractivity contribution in [1.82, 2.24) is 5.32 Å². The van der Waals surface area contributed by atoms with Gasteiger partial charge in [0, 0.05) is 23.7 Å². The van der Waals surface area contributed by atoms with Crippen LogP contribution in [0.5, 0.6) is 11.5 Å². The minimum atomic E-state index is -0.326. The number of hydrogen-bond donors (Lipinski definition) is 2. The summed E-state index contributed by atoms with van der Waals surface area (Å²) in [7, 11) is 0. The molecule has 0 aromatic heterocycles. The van der Waals surface area contributed by atoms with Gasteiger partial charge in [-0.1, -0.05) is 18.2 Å². The Morgan fingerprint density at radius 1 is 1.00 bits per heavy atom. The Morgan fingerprint density at radius 3 is 2.26 bits per heavy atom. The van der Waals surface area contributed by atoms with Crippen LogP contribution in [0.3, 0.4) is 0 Å². The van der Waals surface area contributed by atoms with E-state index in [-0.39, 0.29) is 17.7 Å². The third kappa shape index (κ3) is 5.08. The molecule has 0 heterocycles. The highest BCUT2D eigenvalue weighted by Gasteiger charge is 2.20. The van der Waals surface area contributed by atoms with Crippen molar-refractivity contribution >= 4 is 11.7 Å². The Labute approximate surface area is 159 Å². The number of rotatable bonds is 9. The van der Waals surface area contributed by atoms with E-state index in [9.17, 15) is 9.59 Å². The monoisotopic (exact) mass is 370 g/mol. The predicted molar refractivity (Wildman–Crippen MR) is 105 cm³/mol. The van der Waals surface area contributed by atoms with E-state index in [0.717, 1.165) is 0 Å².